The predicted molar refractivity (Wildman–Crippen MR) is 102 cm³/mol. The number of aromatic nitrogens is 2. The van der Waals surface area contributed by atoms with E-state index in [2.05, 4.69) is 10.1 Å². The first-order chi connectivity index (χ1) is 14.1. The SMILES string of the molecule is Cc1ccc(-c2noc(COC(=O)COc3ccc4ccc(=O)oc4c3)n2)cc1. The minimum absolute atomic E-state index is 0.159. The lowest BCUT2D eigenvalue weighted by molar-refractivity contribution is -0.148. The smallest absolute Gasteiger partial charge is 0.344 e. The number of esters is 1. The summed E-state index contributed by atoms with van der Waals surface area (Å²) < 4.78 is 20.7. The Balaban J connectivity index is 1.31. The highest BCUT2D eigenvalue weighted by Gasteiger charge is 2.12. The molecule has 2 heterocycles. The molecule has 0 aliphatic rings. The molecule has 0 saturated heterocycles. The fourth-order valence-electron chi connectivity index (χ4n) is 2.59. The van der Waals surface area contributed by atoms with Crippen LogP contribution in [-0.4, -0.2) is 22.7 Å². The topological polar surface area (TPSA) is 105 Å². The summed E-state index contributed by atoms with van der Waals surface area (Å²) in [7, 11) is 0. The number of hydrogen-bond donors (Lipinski definition) is 0. The lowest BCUT2D eigenvalue weighted by Gasteiger charge is -2.06. The van der Waals surface area contributed by atoms with E-state index in [4.69, 9.17) is 18.4 Å². The summed E-state index contributed by atoms with van der Waals surface area (Å²) in [5, 5.41) is 4.63. The highest BCUT2D eigenvalue weighted by atomic mass is 16.6. The molecule has 29 heavy (non-hydrogen) atoms. The third-order valence-electron chi connectivity index (χ3n) is 4.09. The summed E-state index contributed by atoms with van der Waals surface area (Å²) in [6.07, 6.45) is 0. The Hall–Kier alpha value is -3.94. The highest BCUT2D eigenvalue weighted by molar-refractivity contribution is 5.78. The van der Waals surface area contributed by atoms with Gasteiger partial charge < -0.3 is 18.4 Å². The van der Waals surface area contributed by atoms with Crippen molar-refractivity contribution in [2.45, 2.75) is 13.5 Å². The molecule has 0 amide bonds. The summed E-state index contributed by atoms with van der Waals surface area (Å²) >= 11 is 0. The molecule has 0 atom stereocenters. The number of fused-ring (bicyclic) bond motifs is 1. The summed E-state index contributed by atoms with van der Waals surface area (Å²) in [4.78, 5) is 27.4. The highest BCUT2D eigenvalue weighted by Crippen LogP contribution is 2.20. The molecule has 0 unspecified atom stereocenters. The average Bonchev–Trinajstić information content (AvgIpc) is 3.20. The maximum Gasteiger partial charge on any atom is 0.344 e. The van der Waals surface area contributed by atoms with Crippen LogP contribution in [0.4, 0.5) is 0 Å². The Morgan fingerprint density at radius 2 is 1.86 bits per heavy atom. The Labute approximate surface area is 164 Å². The quantitative estimate of drug-likeness (QED) is 0.364. The van der Waals surface area contributed by atoms with Crippen LogP contribution in [0.25, 0.3) is 22.4 Å². The van der Waals surface area contributed by atoms with E-state index < -0.39 is 11.6 Å². The first-order valence-electron chi connectivity index (χ1n) is 8.79. The van der Waals surface area contributed by atoms with Gasteiger partial charge in [0.15, 0.2) is 13.2 Å². The van der Waals surface area contributed by atoms with E-state index in [1.807, 2.05) is 31.2 Å². The Morgan fingerprint density at radius 3 is 2.69 bits per heavy atom. The van der Waals surface area contributed by atoms with Gasteiger partial charge in [-0.1, -0.05) is 35.0 Å². The van der Waals surface area contributed by atoms with Gasteiger partial charge in [-0.05, 0) is 25.1 Å². The summed E-state index contributed by atoms with van der Waals surface area (Å²) in [6.45, 7) is 1.51. The van der Waals surface area contributed by atoms with Gasteiger partial charge in [0.1, 0.15) is 11.3 Å². The van der Waals surface area contributed by atoms with Crippen LogP contribution in [0.5, 0.6) is 5.75 Å². The molecule has 0 saturated carbocycles. The second-order valence-electron chi connectivity index (χ2n) is 6.28. The van der Waals surface area contributed by atoms with E-state index >= 15 is 0 Å². The third-order valence-corrected chi connectivity index (χ3v) is 4.09. The standard InChI is InChI=1S/C21H16N2O6/c1-13-2-4-15(5-3-13)21-22-18(29-23-21)11-27-20(25)12-26-16-8-6-14-7-9-19(24)28-17(14)10-16/h2-10H,11-12H2,1H3. The van der Waals surface area contributed by atoms with E-state index in [0.29, 0.717) is 17.2 Å². The normalized spacial score (nSPS) is 10.8. The van der Waals surface area contributed by atoms with Crippen LogP contribution in [0, 0.1) is 6.92 Å². The minimum Gasteiger partial charge on any atom is -0.482 e. The number of rotatable bonds is 6. The molecule has 2 aromatic heterocycles. The first-order valence-corrected chi connectivity index (χ1v) is 8.79. The maximum absolute atomic E-state index is 11.9. The van der Waals surface area contributed by atoms with E-state index in [1.165, 1.54) is 12.1 Å². The number of nitrogens with zero attached hydrogens (tertiary/aromatic N) is 2. The van der Waals surface area contributed by atoms with E-state index in [-0.39, 0.29) is 19.1 Å². The van der Waals surface area contributed by atoms with Gasteiger partial charge in [-0.25, -0.2) is 9.59 Å². The molecule has 0 N–H and O–H groups in total. The molecule has 0 bridgehead atoms. The van der Waals surface area contributed by atoms with Gasteiger partial charge in [-0.2, -0.15) is 4.98 Å². The van der Waals surface area contributed by atoms with Crippen molar-refractivity contribution >= 4 is 16.9 Å². The fraction of sp³-hybridized carbons (Fsp3) is 0.143. The maximum atomic E-state index is 11.9. The van der Waals surface area contributed by atoms with Crippen molar-refractivity contribution in [1.82, 2.24) is 10.1 Å². The Morgan fingerprint density at radius 1 is 1.07 bits per heavy atom. The largest absolute Gasteiger partial charge is 0.482 e. The van der Waals surface area contributed by atoms with Crippen molar-refractivity contribution in [1.29, 1.82) is 0 Å². The number of ether oxygens (including phenoxy) is 2. The zero-order valence-electron chi connectivity index (χ0n) is 15.5. The first kappa shape index (κ1) is 18.4. The number of hydrogen-bond acceptors (Lipinski definition) is 8. The van der Waals surface area contributed by atoms with E-state index in [1.54, 1.807) is 18.2 Å². The molecule has 8 nitrogen and oxygen atoms in total. The molecule has 0 radical (unpaired) electrons. The molecule has 4 rings (SSSR count). The molecule has 146 valence electrons. The van der Waals surface area contributed by atoms with Crippen molar-refractivity contribution in [2.75, 3.05) is 6.61 Å². The average molecular weight is 392 g/mol. The molecular formula is C21H16N2O6. The third kappa shape index (κ3) is 4.49. The monoisotopic (exact) mass is 392 g/mol. The van der Waals surface area contributed by atoms with Crippen molar-refractivity contribution in [3.05, 3.63) is 76.5 Å². The van der Waals surface area contributed by atoms with Gasteiger partial charge in [0.25, 0.3) is 5.89 Å². The summed E-state index contributed by atoms with van der Waals surface area (Å²) in [6, 6.07) is 15.6. The lowest BCUT2D eigenvalue weighted by atomic mass is 10.1. The van der Waals surface area contributed by atoms with Crippen LogP contribution >= 0.6 is 0 Å². The minimum atomic E-state index is -0.602. The predicted octanol–water partition coefficient (Wildman–Crippen LogP) is 3.27. The number of carbonyl (C=O) groups excluding carboxylic acids is 1. The van der Waals surface area contributed by atoms with Crippen molar-refractivity contribution < 1.29 is 23.2 Å². The van der Waals surface area contributed by atoms with Gasteiger partial charge in [-0.15, -0.1) is 0 Å². The van der Waals surface area contributed by atoms with Crippen molar-refractivity contribution in [3.8, 4) is 17.1 Å². The molecule has 0 spiro atoms. The van der Waals surface area contributed by atoms with Gasteiger partial charge in [0.2, 0.25) is 5.82 Å². The van der Waals surface area contributed by atoms with Gasteiger partial charge in [-0.3, -0.25) is 0 Å². The molecular weight excluding hydrogens is 376 g/mol. The van der Waals surface area contributed by atoms with Crippen molar-refractivity contribution in [2.24, 2.45) is 0 Å². The molecule has 0 aliphatic heterocycles. The second-order valence-corrected chi connectivity index (χ2v) is 6.28. The van der Waals surface area contributed by atoms with Crippen LogP contribution < -0.4 is 10.4 Å². The fourth-order valence-corrected chi connectivity index (χ4v) is 2.59. The number of benzene rings is 2. The lowest BCUT2D eigenvalue weighted by Crippen LogP contribution is -2.14. The Kier molecular flexibility index (Phi) is 5.07. The van der Waals surface area contributed by atoms with Crippen molar-refractivity contribution in [3.63, 3.8) is 0 Å². The van der Waals surface area contributed by atoms with E-state index in [9.17, 15) is 9.59 Å². The zero-order valence-corrected chi connectivity index (χ0v) is 15.5. The molecule has 8 heteroatoms. The molecule has 0 aliphatic carbocycles. The summed E-state index contributed by atoms with van der Waals surface area (Å²) in [5.74, 6) is 0.379. The second kappa shape index (κ2) is 7.97. The van der Waals surface area contributed by atoms with Gasteiger partial charge in [0, 0.05) is 23.1 Å². The molecule has 0 fully saturated rings. The van der Waals surface area contributed by atoms with Crippen LogP contribution in [0.1, 0.15) is 11.5 Å². The molecule has 2 aromatic carbocycles. The van der Waals surface area contributed by atoms with E-state index in [0.717, 1.165) is 16.5 Å². The van der Waals surface area contributed by atoms with Gasteiger partial charge >= 0.3 is 11.6 Å². The molecule has 4 aromatic rings. The van der Waals surface area contributed by atoms with Crippen LogP contribution in [0.15, 0.2) is 68.3 Å². The number of aryl methyl sites for hydroxylation is 1. The van der Waals surface area contributed by atoms with Gasteiger partial charge in [0.05, 0.1) is 0 Å². The Bertz CT molecular complexity index is 1210. The zero-order chi connectivity index (χ0) is 20.2. The van der Waals surface area contributed by atoms with Crippen LogP contribution in [0.2, 0.25) is 0 Å². The van der Waals surface area contributed by atoms with Crippen LogP contribution in [-0.2, 0) is 16.1 Å². The number of carbonyl (C=O) groups is 1. The van der Waals surface area contributed by atoms with Crippen LogP contribution in [0.3, 0.4) is 0 Å². The summed E-state index contributed by atoms with van der Waals surface area (Å²) in [5.41, 5.74) is 1.85.